The first-order valence-electron chi connectivity index (χ1n) is 4.53. The lowest BCUT2D eigenvalue weighted by molar-refractivity contribution is 0.558. The quantitative estimate of drug-likeness (QED) is 0.779. The minimum absolute atomic E-state index is 0.0368. The molecule has 1 aromatic heterocycles. The third-order valence-electron chi connectivity index (χ3n) is 1.83. The minimum atomic E-state index is -3.55. The van der Waals surface area contributed by atoms with E-state index in [1.165, 1.54) is 11.7 Å². The maximum absolute atomic E-state index is 11.9. The Hall–Kier alpha value is 0.0100. The van der Waals surface area contributed by atoms with Gasteiger partial charge in [0, 0.05) is 18.4 Å². The van der Waals surface area contributed by atoms with E-state index < -0.39 is 10.0 Å². The second-order valence-electron chi connectivity index (χ2n) is 3.28. The SMILES string of the molecule is CC(Br)CCNS(=O)(=O)c1c(Br)nnn1C. The average Bonchev–Trinajstić information content (AvgIpc) is 2.45. The number of hydrogen-bond donors (Lipinski definition) is 1. The molecular formula is C7H12Br2N4O2S. The van der Waals surface area contributed by atoms with E-state index in [-0.39, 0.29) is 14.5 Å². The molecule has 0 saturated heterocycles. The molecule has 1 rings (SSSR count). The number of nitrogens with zero attached hydrogens (tertiary/aromatic N) is 3. The fourth-order valence-electron chi connectivity index (χ4n) is 1.07. The Balaban J connectivity index is 2.79. The molecule has 1 atom stereocenters. The molecule has 6 nitrogen and oxygen atoms in total. The van der Waals surface area contributed by atoms with Gasteiger partial charge in [-0.05, 0) is 22.4 Å². The molecule has 1 aromatic rings. The van der Waals surface area contributed by atoms with Crippen molar-refractivity contribution in [1.29, 1.82) is 0 Å². The van der Waals surface area contributed by atoms with Gasteiger partial charge < -0.3 is 0 Å². The van der Waals surface area contributed by atoms with Crippen LogP contribution in [-0.4, -0.2) is 34.8 Å². The van der Waals surface area contributed by atoms with Gasteiger partial charge in [0.1, 0.15) is 0 Å². The highest BCUT2D eigenvalue weighted by atomic mass is 79.9. The Labute approximate surface area is 111 Å². The number of rotatable bonds is 5. The zero-order valence-electron chi connectivity index (χ0n) is 8.81. The standard InChI is InChI=1S/C7H12Br2N4O2S/c1-5(8)3-4-10-16(14,15)7-6(9)11-12-13(7)2/h5,10H,3-4H2,1-2H3. The molecule has 0 fully saturated rings. The summed E-state index contributed by atoms with van der Waals surface area (Å²) >= 11 is 6.40. The van der Waals surface area contributed by atoms with E-state index >= 15 is 0 Å². The molecule has 0 saturated carbocycles. The molecule has 16 heavy (non-hydrogen) atoms. The van der Waals surface area contributed by atoms with Crippen molar-refractivity contribution in [2.75, 3.05) is 6.54 Å². The van der Waals surface area contributed by atoms with E-state index in [2.05, 4.69) is 46.9 Å². The molecule has 0 radical (unpaired) electrons. The summed E-state index contributed by atoms with van der Waals surface area (Å²) in [6.07, 6.45) is 0.710. The fraction of sp³-hybridized carbons (Fsp3) is 0.714. The molecule has 0 aromatic carbocycles. The first-order chi connectivity index (χ1) is 7.34. The second kappa shape index (κ2) is 5.56. The smallest absolute Gasteiger partial charge is 0.235 e. The van der Waals surface area contributed by atoms with Gasteiger partial charge in [-0.25, -0.2) is 17.8 Å². The van der Waals surface area contributed by atoms with Crippen molar-refractivity contribution in [1.82, 2.24) is 19.7 Å². The third-order valence-corrected chi connectivity index (χ3v) is 4.63. The number of aryl methyl sites for hydroxylation is 1. The van der Waals surface area contributed by atoms with Crippen LogP contribution in [0.15, 0.2) is 9.63 Å². The maximum atomic E-state index is 11.9. The van der Waals surface area contributed by atoms with Crippen molar-refractivity contribution in [3.63, 3.8) is 0 Å². The molecule has 9 heteroatoms. The van der Waals surface area contributed by atoms with Gasteiger partial charge in [-0.2, -0.15) is 0 Å². The number of alkyl halides is 1. The van der Waals surface area contributed by atoms with Crippen molar-refractivity contribution in [2.45, 2.75) is 23.2 Å². The predicted octanol–water partition coefficient (Wildman–Crippen LogP) is 1.03. The normalized spacial score (nSPS) is 14.0. The molecule has 92 valence electrons. The molecule has 1 unspecified atom stereocenters. The first kappa shape index (κ1) is 14.1. The van der Waals surface area contributed by atoms with Crippen molar-refractivity contribution >= 4 is 41.9 Å². The fourth-order valence-corrected chi connectivity index (χ4v) is 3.43. The summed E-state index contributed by atoms with van der Waals surface area (Å²) in [6.45, 7) is 2.32. The highest BCUT2D eigenvalue weighted by Crippen LogP contribution is 2.17. The van der Waals surface area contributed by atoms with E-state index in [4.69, 9.17) is 0 Å². The van der Waals surface area contributed by atoms with Crippen LogP contribution in [0.4, 0.5) is 0 Å². The molecule has 0 amide bonds. The first-order valence-corrected chi connectivity index (χ1v) is 7.72. The Kier molecular flexibility index (Phi) is 4.89. The van der Waals surface area contributed by atoms with Crippen LogP contribution in [-0.2, 0) is 17.1 Å². The summed E-state index contributed by atoms with van der Waals surface area (Å²) < 4.78 is 27.6. The summed E-state index contributed by atoms with van der Waals surface area (Å²) in [4.78, 5) is 0.267. The monoisotopic (exact) mass is 374 g/mol. The lowest BCUT2D eigenvalue weighted by Gasteiger charge is -2.07. The molecule has 0 bridgehead atoms. The van der Waals surface area contributed by atoms with Crippen LogP contribution in [0.25, 0.3) is 0 Å². The van der Waals surface area contributed by atoms with Crippen LogP contribution in [0.1, 0.15) is 13.3 Å². The van der Waals surface area contributed by atoms with Gasteiger partial charge in [0.15, 0.2) is 4.60 Å². The number of nitrogens with one attached hydrogen (secondary N) is 1. The average molecular weight is 376 g/mol. The van der Waals surface area contributed by atoms with E-state index in [1.54, 1.807) is 0 Å². The lowest BCUT2D eigenvalue weighted by atomic mass is 10.3. The van der Waals surface area contributed by atoms with E-state index in [0.29, 0.717) is 13.0 Å². The van der Waals surface area contributed by atoms with Gasteiger partial charge in [-0.3, -0.25) is 0 Å². The maximum Gasteiger partial charge on any atom is 0.260 e. The summed E-state index contributed by atoms with van der Waals surface area (Å²) in [6, 6.07) is 0. The van der Waals surface area contributed by atoms with Gasteiger partial charge in [0.2, 0.25) is 5.03 Å². The van der Waals surface area contributed by atoms with Crippen molar-refractivity contribution in [3.8, 4) is 0 Å². The number of sulfonamides is 1. The molecule has 1 N–H and O–H groups in total. The zero-order valence-corrected chi connectivity index (χ0v) is 12.8. The van der Waals surface area contributed by atoms with E-state index in [0.717, 1.165) is 0 Å². The van der Waals surface area contributed by atoms with Crippen molar-refractivity contribution < 1.29 is 8.42 Å². The van der Waals surface area contributed by atoms with Crippen LogP contribution >= 0.6 is 31.9 Å². The van der Waals surface area contributed by atoms with Crippen LogP contribution in [0.5, 0.6) is 0 Å². The Bertz CT molecular complexity index is 437. The van der Waals surface area contributed by atoms with Crippen LogP contribution in [0.2, 0.25) is 0 Å². The predicted molar refractivity (Wildman–Crippen MR) is 66.9 cm³/mol. The van der Waals surface area contributed by atoms with Crippen molar-refractivity contribution in [3.05, 3.63) is 4.60 Å². The van der Waals surface area contributed by atoms with Crippen LogP contribution in [0, 0.1) is 0 Å². The molecule has 1 heterocycles. The van der Waals surface area contributed by atoms with Gasteiger partial charge in [-0.1, -0.05) is 28.1 Å². The topological polar surface area (TPSA) is 76.9 Å². The molecule has 0 aliphatic carbocycles. The van der Waals surface area contributed by atoms with E-state index in [1.807, 2.05) is 6.92 Å². The van der Waals surface area contributed by atoms with Gasteiger partial charge in [-0.15, -0.1) is 5.10 Å². The third kappa shape index (κ3) is 3.51. The number of halogens is 2. The van der Waals surface area contributed by atoms with E-state index in [9.17, 15) is 8.42 Å². The molecule has 0 aliphatic rings. The number of hydrogen-bond acceptors (Lipinski definition) is 4. The van der Waals surface area contributed by atoms with Gasteiger partial charge >= 0.3 is 0 Å². The zero-order chi connectivity index (χ0) is 12.3. The highest BCUT2D eigenvalue weighted by Gasteiger charge is 2.23. The molecule has 0 spiro atoms. The van der Waals surface area contributed by atoms with Crippen molar-refractivity contribution in [2.24, 2.45) is 7.05 Å². The molecule has 0 aliphatic heterocycles. The van der Waals surface area contributed by atoms with Crippen LogP contribution < -0.4 is 4.72 Å². The second-order valence-corrected chi connectivity index (χ2v) is 7.27. The Morgan fingerprint density at radius 1 is 1.56 bits per heavy atom. The summed E-state index contributed by atoms with van der Waals surface area (Å²) in [5.74, 6) is 0. The Morgan fingerprint density at radius 3 is 2.62 bits per heavy atom. The summed E-state index contributed by atoms with van der Waals surface area (Å²) in [7, 11) is -2.03. The van der Waals surface area contributed by atoms with Gasteiger partial charge in [0.05, 0.1) is 0 Å². The minimum Gasteiger partial charge on any atom is -0.235 e. The Morgan fingerprint density at radius 2 is 2.19 bits per heavy atom. The largest absolute Gasteiger partial charge is 0.260 e. The lowest BCUT2D eigenvalue weighted by Crippen LogP contribution is -2.28. The highest BCUT2D eigenvalue weighted by molar-refractivity contribution is 9.10. The van der Waals surface area contributed by atoms with Crippen LogP contribution in [0.3, 0.4) is 0 Å². The molecular weight excluding hydrogens is 364 g/mol. The van der Waals surface area contributed by atoms with Gasteiger partial charge in [0.25, 0.3) is 10.0 Å². The summed E-state index contributed by atoms with van der Waals surface area (Å²) in [5, 5.41) is 7.28. The summed E-state index contributed by atoms with van der Waals surface area (Å²) in [5.41, 5.74) is 0. The number of aromatic nitrogens is 3.